The molecule has 2 aromatic rings. The fraction of sp³-hybridized carbons (Fsp3) is 0.538. The highest BCUT2D eigenvalue weighted by Crippen LogP contribution is 2.55. The first-order valence-electron chi connectivity index (χ1n) is 12.2. The van der Waals surface area contributed by atoms with Crippen molar-refractivity contribution in [1.82, 2.24) is 10.0 Å². The average Bonchev–Trinajstić information content (AvgIpc) is 3.69. The number of carbonyl (C=O) groups is 1. The standard InChI is InChI=1S/C26H29N3O6/c1-25(2)11-16(7-8-34-25)15-3-6-20-17(9-15)10-21(23(31)32)29(20)26(24-27-22(13-30)35-28-24)12-18(26)14-33-19-4-5-19/h3,6,9-10,16,18-19H,4-5,7-8,11-12,14H2,1-2H3,(H,27,28)(H,31,32)/t16-,18?,26?/m0/s1. The van der Waals surface area contributed by atoms with Gasteiger partial charge in [-0.05, 0) is 75.6 Å². The number of carbonyl (C=O) groups excluding carboxylic acids is 1. The van der Waals surface area contributed by atoms with E-state index < -0.39 is 11.5 Å². The highest BCUT2D eigenvalue weighted by molar-refractivity contribution is 6.01. The summed E-state index contributed by atoms with van der Waals surface area (Å²) in [5, 5.41) is 11.0. The predicted molar refractivity (Wildman–Crippen MR) is 127 cm³/mol. The number of aliphatic imine (C=N–C) groups is 1. The molecule has 0 spiro atoms. The van der Waals surface area contributed by atoms with Gasteiger partial charge in [-0.15, -0.1) is 0 Å². The highest BCUT2D eigenvalue weighted by Gasteiger charge is 2.63. The molecule has 6 rings (SSSR count). The van der Waals surface area contributed by atoms with Crippen molar-refractivity contribution in [1.29, 1.82) is 0 Å². The third-order valence-corrected chi connectivity index (χ3v) is 7.70. The summed E-state index contributed by atoms with van der Waals surface area (Å²) in [4.78, 5) is 33.1. The van der Waals surface area contributed by atoms with Crippen molar-refractivity contribution < 1.29 is 29.0 Å². The summed E-state index contributed by atoms with van der Waals surface area (Å²) >= 11 is 0. The van der Waals surface area contributed by atoms with Crippen LogP contribution in [0.1, 0.15) is 67.9 Å². The van der Waals surface area contributed by atoms with Gasteiger partial charge < -0.3 is 24.0 Å². The lowest BCUT2D eigenvalue weighted by Crippen LogP contribution is -2.39. The molecule has 35 heavy (non-hydrogen) atoms. The number of hydrogen-bond donors (Lipinski definition) is 2. The monoisotopic (exact) mass is 479 g/mol. The lowest BCUT2D eigenvalue weighted by Gasteiger charge is -2.35. The van der Waals surface area contributed by atoms with Crippen LogP contribution in [0.2, 0.25) is 0 Å². The van der Waals surface area contributed by atoms with Gasteiger partial charge in [0, 0.05) is 23.4 Å². The second-order valence-corrected chi connectivity index (χ2v) is 10.7. The third kappa shape index (κ3) is 3.84. The lowest BCUT2D eigenvalue weighted by atomic mass is 9.83. The summed E-state index contributed by atoms with van der Waals surface area (Å²) in [6.45, 7) is 5.41. The van der Waals surface area contributed by atoms with E-state index in [0.717, 1.165) is 36.6 Å². The molecule has 3 heterocycles. The molecule has 9 nitrogen and oxygen atoms in total. The van der Waals surface area contributed by atoms with Crippen molar-refractivity contribution in [2.24, 2.45) is 10.9 Å². The van der Waals surface area contributed by atoms with Crippen LogP contribution in [0.25, 0.3) is 10.9 Å². The van der Waals surface area contributed by atoms with Gasteiger partial charge in [-0.1, -0.05) is 6.07 Å². The van der Waals surface area contributed by atoms with Crippen molar-refractivity contribution >= 4 is 28.6 Å². The molecule has 4 aliphatic rings. The van der Waals surface area contributed by atoms with Crippen molar-refractivity contribution in [3.05, 3.63) is 41.4 Å². The molecule has 0 amide bonds. The molecule has 0 bridgehead atoms. The summed E-state index contributed by atoms with van der Waals surface area (Å²) in [5.74, 6) is 1.22. The van der Waals surface area contributed by atoms with E-state index >= 15 is 0 Å². The van der Waals surface area contributed by atoms with Crippen molar-refractivity contribution in [3.63, 3.8) is 0 Å². The molecule has 1 aromatic heterocycles. The molecular weight excluding hydrogens is 450 g/mol. The Bertz CT molecular complexity index is 1290. The minimum atomic E-state index is -1.02. The number of ether oxygens (including phenoxy) is 2. The van der Waals surface area contributed by atoms with E-state index in [0.29, 0.717) is 31.4 Å². The second kappa shape index (κ2) is 7.95. The molecule has 2 aliphatic heterocycles. The second-order valence-electron chi connectivity index (χ2n) is 10.7. The quantitative estimate of drug-likeness (QED) is 0.585. The lowest BCUT2D eigenvalue weighted by molar-refractivity contribution is -0.0592. The molecular formula is C26H29N3O6. The van der Waals surface area contributed by atoms with Crippen LogP contribution in [-0.2, 0) is 24.6 Å². The Morgan fingerprint density at radius 1 is 1.29 bits per heavy atom. The number of carboxylic acids is 1. The van der Waals surface area contributed by atoms with Gasteiger partial charge in [0.25, 0.3) is 0 Å². The number of hydroxylamine groups is 1. The van der Waals surface area contributed by atoms with Gasteiger partial charge >= 0.3 is 11.9 Å². The first-order chi connectivity index (χ1) is 16.8. The molecule has 2 N–H and O–H groups in total. The Hall–Kier alpha value is -3.13. The SMILES string of the molecule is CC1(C)C[C@@H](c2ccc3c(c2)cc(C(=O)O)n3C2(C3=NC(=C=O)ON3)CC2COC2CC2)CCO1. The number of fused-ring (bicyclic) bond motifs is 1. The predicted octanol–water partition coefficient (Wildman–Crippen LogP) is 3.51. The zero-order valence-electron chi connectivity index (χ0n) is 19.9. The zero-order chi connectivity index (χ0) is 24.4. The minimum absolute atomic E-state index is 0.00591. The smallest absolute Gasteiger partial charge is 0.352 e. The van der Waals surface area contributed by atoms with Crippen LogP contribution in [0, 0.1) is 5.92 Å². The maximum atomic E-state index is 12.4. The Kier molecular flexibility index (Phi) is 5.07. The first kappa shape index (κ1) is 22.3. The number of amidine groups is 1. The van der Waals surface area contributed by atoms with E-state index in [1.807, 2.05) is 10.6 Å². The normalized spacial score (nSPS) is 29.3. The van der Waals surface area contributed by atoms with E-state index in [2.05, 4.69) is 36.5 Å². The summed E-state index contributed by atoms with van der Waals surface area (Å²) < 4.78 is 13.7. The average molecular weight is 480 g/mol. The Morgan fingerprint density at radius 2 is 2.11 bits per heavy atom. The van der Waals surface area contributed by atoms with Crippen molar-refractivity contribution in [3.8, 4) is 0 Å². The van der Waals surface area contributed by atoms with Gasteiger partial charge in [0.2, 0.25) is 0 Å². The molecule has 3 atom stereocenters. The van der Waals surface area contributed by atoms with Crippen LogP contribution in [-0.4, -0.2) is 52.3 Å². The van der Waals surface area contributed by atoms with Crippen molar-refractivity contribution in [2.75, 3.05) is 13.2 Å². The number of aromatic nitrogens is 1. The van der Waals surface area contributed by atoms with Gasteiger partial charge in [-0.2, -0.15) is 4.99 Å². The molecule has 184 valence electrons. The molecule has 0 radical (unpaired) electrons. The topological polar surface area (TPSA) is 111 Å². The maximum Gasteiger partial charge on any atom is 0.352 e. The number of rotatable bonds is 7. The molecule has 1 aromatic carbocycles. The number of benzene rings is 1. The van der Waals surface area contributed by atoms with Gasteiger partial charge in [-0.3, -0.25) is 0 Å². The van der Waals surface area contributed by atoms with Crippen molar-refractivity contribution in [2.45, 2.75) is 69.1 Å². The minimum Gasteiger partial charge on any atom is -0.477 e. The van der Waals surface area contributed by atoms with E-state index in [4.69, 9.17) is 14.3 Å². The Morgan fingerprint density at radius 3 is 2.80 bits per heavy atom. The van der Waals surface area contributed by atoms with E-state index in [9.17, 15) is 14.7 Å². The Labute approximate surface area is 202 Å². The first-order valence-corrected chi connectivity index (χ1v) is 12.2. The highest BCUT2D eigenvalue weighted by atomic mass is 16.7. The van der Waals surface area contributed by atoms with Crippen LogP contribution >= 0.6 is 0 Å². The van der Waals surface area contributed by atoms with Crippen LogP contribution in [0.3, 0.4) is 0 Å². The van der Waals surface area contributed by atoms with Crippen LogP contribution in [0.15, 0.2) is 35.1 Å². The Balaban J connectivity index is 1.44. The number of carboxylic acid groups (broad SMARTS) is 1. The number of aromatic carboxylic acids is 1. The molecule has 2 unspecified atom stereocenters. The number of nitrogens with zero attached hydrogens (tertiary/aromatic N) is 2. The van der Waals surface area contributed by atoms with E-state index in [-0.39, 0.29) is 29.2 Å². The molecule has 2 saturated carbocycles. The number of hydrogen-bond acceptors (Lipinski definition) is 7. The zero-order valence-corrected chi connectivity index (χ0v) is 19.9. The molecule has 1 saturated heterocycles. The fourth-order valence-corrected chi connectivity index (χ4v) is 5.73. The summed E-state index contributed by atoms with van der Waals surface area (Å²) in [6, 6.07) is 7.94. The van der Waals surface area contributed by atoms with Gasteiger partial charge in [0.1, 0.15) is 11.2 Å². The largest absolute Gasteiger partial charge is 0.477 e. The molecule has 3 fully saturated rings. The van der Waals surface area contributed by atoms with Gasteiger partial charge in [0.15, 0.2) is 11.8 Å². The van der Waals surface area contributed by atoms with Crippen LogP contribution in [0.5, 0.6) is 0 Å². The molecule has 9 heteroatoms. The van der Waals surface area contributed by atoms with Crippen LogP contribution < -0.4 is 5.48 Å². The van der Waals surface area contributed by atoms with E-state index in [1.165, 1.54) is 5.56 Å². The van der Waals surface area contributed by atoms with E-state index in [1.54, 1.807) is 12.0 Å². The third-order valence-electron chi connectivity index (χ3n) is 7.70. The maximum absolute atomic E-state index is 12.4. The number of nitrogens with one attached hydrogen (secondary N) is 1. The van der Waals surface area contributed by atoms with Gasteiger partial charge in [-0.25, -0.2) is 15.1 Å². The van der Waals surface area contributed by atoms with Gasteiger partial charge in [0.05, 0.1) is 18.3 Å². The van der Waals surface area contributed by atoms with Crippen LogP contribution in [0.4, 0.5) is 0 Å². The summed E-state index contributed by atoms with van der Waals surface area (Å²) in [5.41, 5.74) is 3.93. The fourth-order valence-electron chi connectivity index (χ4n) is 5.73. The summed E-state index contributed by atoms with van der Waals surface area (Å²) in [6.07, 6.45) is 4.86. The summed E-state index contributed by atoms with van der Waals surface area (Å²) in [7, 11) is 0. The molecule has 2 aliphatic carbocycles.